The summed E-state index contributed by atoms with van der Waals surface area (Å²) in [7, 11) is 4.04. The Balaban J connectivity index is 1.92. The number of anilines is 1. The number of halogens is 3. The number of nitrogens with zero attached hydrogens (tertiary/aromatic N) is 2. The van der Waals surface area contributed by atoms with Gasteiger partial charge in [0, 0.05) is 18.8 Å². The Morgan fingerprint density at radius 3 is 2.47 bits per heavy atom. The van der Waals surface area contributed by atoms with Crippen molar-refractivity contribution < 1.29 is 13.2 Å². The lowest BCUT2D eigenvalue weighted by Gasteiger charge is -2.24. The van der Waals surface area contributed by atoms with E-state index in [1.165, 1.54) is 18.9 Å². The maximum Gasteiger partial charge on any atom is 0.417 e. The fraction of sp³-hybridized carbons (Fsp3) is 0.615. The van der Waals surface area contributed by atoms with Gasteiger partial charge in [0.25, 0.3) is 0 Å². The monoisotopic (exact) mass is 273 g/mol. The van der Waals surface area contributed by atoms with Gasteiger partial charge in [-0.15, -0.1) is 0 Å². The maximum atomic E-state index is 12.4. The van der Waals surface area contributed by atoms with E-state index in [-0.39, 0.29) is 0 Å². The molecule has 1 N–H and O–H groups in total. The second kappa shape index (κ2) is 5.36. The van der Waals surface area contributed by atoms with Crippen molar-refractivity contribution in [3.05, 3.63) is 23.9 Å². The summed E-state index contributed by atoms with van der Waals surface area (Å²) in [5.74, 6) is 1.18. The van der Waals surface area contributed by atoms with E-state index in [9.17, 15) is 13.2 Å². The van der Waals surface area contributed by atoms with Crippen LogP contribution in [0.2, 0.25) is 0 Å². The molecule has 1 heterocycles. The van der Waals surface area contributed by atoms with Gasteiger partial charge in [-0.1, -0.05) is 0 Å². The number of nitrogens with one attached hydrogen (secondary N) is 1. The number of hydrogen-bond donors (Lipinski definition) is 1. The normalized spacial score (nSPS) is 17.6. The summed E-state index contributed by atoms with van der Waals surface area (Å²) >= 11 is 0. The van der Waals surface area contributed by atoms with Crippen LogP contribution in [-0.4, -0.2) is 36.6 Å². The highest BCUT2D eigenvalue weighted by molar-refractivity contribution is 5.36. The first-order chi connectivity index (χ1) is 8.88. The summed E-state index contributed by atoms with van der Waals surface area (Å²) in [6.07, 6.45) is -1.01. The third-order valence-corrected chi connectivity index (χ3v) is 3.41. The Kier molecular flexibility index (Phi) is 3.99. The molecule has 0 saturated heterocycles. The van der Waals surface area contributed by atoms with Crippen LogP contribution in [0.15, 0.2) is 18.3 Å². The SMILES string of the molecule is CN(C)C(CNc1ccc(C(F)(F)F)cn1)C1CC1. The van der Waals surface area contributed by atoms with Gasteiger partial charge in [-0.3, -0.25) is 0 Å². The topological polar surface area (TPSA) is 28.2 Å². The third-order valence-electron chi connectivity index (χ3n) is 3.41. The number of pyridine rings is 1. The quantitative estimate of drug-likeness (QED) is 0.894. The van der Waals surface area contributed by atoms with Crippen LogP contribution in [0, 0.1) is 5.92 Å². The average Bonchev–Trinajstić information content (AvgIpc) is 3.13. The second-order valence-electron chi connectivity index (χ2n) is 5.18. The van der Waals surface area contributed by atoms with E-state index >= 15 is 0 Å². The zero-order chi connectivity index (χ0) is 14.0. The molecule has 1 saturated carbocycles. The smallest absolute Gasteiger partial charge is 0.368 e. The van der Waals surface area contributed by atoms with Crippen molar-refractivity contribution in [1.29, 1.82) is 0 Å². The van der Waals surface area contributed by atoms with Crippen LogP contribution in [0.3, 0.4) is 0 Å². The molecular weight excluding hydrogens is 255 g/mol. The van der Waals surface area contributed by atoms with Gasteiger partial charge in [0.2, 0.25) is 0 Å². The molecule has 0 radical (unpaired) electrons. The Hall–Kier alpha value is -1.30. The Morgan fingerprint density at radius 1 is 1.37 bits per heavy atom. The molecule has 0 spiro atoms. The van der Waals surface area contributed by atoms with Crippen molar-refractivity contribution in [2.75, 3.05) is 26.0 Å². The lowest BCUT2D eigenvalue weighted by Crippen LogP contribution is -2.36. The zero-order valence-electron chi connectivity index (χ0n) is 11.0. The summed E-state index contributed by atoms with van der Waals surface area (Å²) in [6.45, 7) is 0.704. The molecule has 1 aliphatic carbocycles. The van der Waals surface area contributed by atoms with Gasteiger partial charge in [0.1, 0.15) is 5.82 Å². The molecule has 1 fully saturated rings. The van der Waals surface area contributed by atoms with Crippen molar-refractivity contribution in [3.8, 4) is 0 Å². The molecule has 0 aromatic carbocycles. The number of aromatic nitrogens is 1. The van der Waals surface area contributed by atoms with Gasteiger partial charge >= 0.3 is 6.18 Å². The number of likely N-dealkylation sites (N-methyl/N-ethyl adjacent to an activating group) is 1. The summed E-state index contributed by atoms with van der Waals surface area (Å²) < 4.78 is 37.2. The third kappa shape index (κ3) is 3.83. The van der Waals surface area contributed by atoms with E-state index in [0.29, 0.717) is 24.3 Å². The van der Waals surface area contributed by atoms with E-state index in [0.717, 1.165) is 12.3 Å². The van der Waals surface area contributed by atoms with Crippen LogP contribution in [0.25, 0.3) is 0 Å². The first kappa shape index (κ1) is 14.1. The molecular formula is C13H18F3N3. The average molecular weight is 273 g/mol. The summed E-state index contributed by atoms with van der Waals surface area (Å²) in [5, 5.41) is 3.11. The van der Waals surface area contributed by atoms with Crippen LogP contribution in [0.5, 0.6) is 0 Å². The number of rotatable bonds is 5. The molecule has 1 aromatic heterocycles. The lowest BCUT2D eigenvalue weighted by molar-refractivity contribution is -0.137. The van der Waals surface area contributed by atoms with Gasteiger partial charge in [-0.25, -0.2) is 4.98 Å². The minimum atomic E-state index is -4.33. The largest absolute Gasteiger partial charge is 0.417 e. The molecule has 3 nitrogen and oxygen atoms in total. The molecule has 0 bridgehead atoms. The molecule has 19 heavy (non-hydrogen) atoms. The van der Waals surface area contributed by atoms with Gasteiger partial charge < -0.3 is 10.2 Å². The standard InChI is InChI=1S/C13H18F3N3/c1-19(2)11(9-3-4-9)8-18-12-6-5-10(7-17-12)13(14,15)16/h5-7,9,11H,3-4,8H2,1-2H3,(H,17,18). The number of alkyl halides is 3. The molecule has 0 aliphatic heterocycles. The molecule has 1 atom stereocenters. The Bertz CT molecular complexity index is 408. The molecule has 2 rings (SSSR count). The van der Waals surface area contributed by atoms with E-state index < -0.39 is 11.7 Å². The highest BCUT2D eigenvalue weighted by Gasteiger charge is 2.33. The highest BCUT2D eigenvalue weighted by Crippen LogP contribution is 2.34. The first-order valence-electron chi connectivity index (χ1n) is 6.31. The first-order valence-corrected chi connectivity index (χ1v) is 6.31. The summed E-state index contributed by atoms with van der Waals surface area (Å²) in [6, 6.07) is 2.84. The van der Waals surface area contributed by atoms with Gasteiger partial charge in [-0.05, 0) is 45.0 Å². The fourth-order valence-electron chi connectivity index (χ4n) is 2.13. The Morgan fingerprint density at radius 2 is 2.05 bits per heavy atom. The highest BCUT2D eigenvalue weighted by atomic mass is 19.4. The molecule has 1 aromatic rings. The van der Waals surface area contributed by atoms with Crippen molar-refractivity contribution in [2.24, 2.45) is 5.92 Å². The van der Waals surface area contributed by atoms with Crippen molar-refractivity contribution in [1.82, 2.24) is 9.88 Å². The van der Waals surface area contributed by atoms with Crippen LogP contribution in [0.1, 0.15) is 18.4 Å². The van der Waals surface area contributed by atoms with Crippen molar-refractivity contribution in [3.63, 3.8) is 0 Å². The second-order valence-corrected chi connectivity index (χ2v) is 5.18. The summed E-state index contributed by atoms with van der Waals surface area (Å²) in [5.41, 5.74) is -0.718. The molecule has 1 aliphatic rings. The molecule has 106 valence electrons. The Labute approximate surface area is 110 Å². The molecule has 6 heteroatoms. The van der Waals surface area contributed by atoms with E-state index in [4.69, 9.17) is 0 Å². The number of hydrogen-bond acceptors (Lipinski definition) is 3. The predicted molar refractivity (Wildman–Crippen MR) is 67.9 cm³/mol. The van der Waals surface area contributed by atoms with Gasteiger partial charge in [0.15, 0.2) is 0 Å². The zero-order valence-corrected chi connectivity index (χ0v) is 11.0. The maximum absolute atomic E-state index is 12.4. The van der Waals surface area contributed by atoms with Gasteiger partial charge in [0.05, 0.1) is 5.56 Å². The minimum Gasteiger partial charge on any atom is -0.368 e. The predicted octanol–water partition coefficient (Wildman–Crippen LogP) is 2.85. The van der Waals surface area contributed by atoms with Crippen molar-refractivity contribution >= 4 is 5.82 Å². The fourth-order valence-corrected chi connectivity index (χ4v) is 2.13. The van der Waals surface area contributed by atoms with Crippen LogP contribution >= 0.6 is 0 Å². The molecule has 0 amide bonds. The van der Waals surface area contributed by atoms with Gasteiger partial charge in [-0.2, -0.15) is 13.2 Å². The molecule has 1 unspecified atom stereocenters. The van der Waals surface area contributed by atoms with E-state index in [1.54, 1.807) is 0 Å². The van der Waals surface area contributed by atoms with Crippen molar-refractivity contribution in [2.45, 2.75) is 25.1 Å². The van der Waals surface area contributed by atoms with Crippen LogP contribution in [-0.2, 0) is 6.18 Å². The van der Waals surface area contributed by atoms with E-state index in [1.807, 2.05) is 14.1 Å². The van der Waals surface area contributed by atoms with E-state index in [2.05, 4.69) is 15.2 Å². The lowest BCUT2D eigenvalue weighted by atomic mass is 10.1. The minimum absolute atomic E-state index is 0.407. The summed E-state index contributed by atoms with van der Waals surface area (Å²) in [4.78, 5) is 5.95. The van der Waals surface area contributed by atoms with Crippen LogP contribution in [0.4, 0.5) is 19.0 Å². The van der Waals surface area contributed by atoms with Crippen LogP contribution < -0.4 is 5.32 Å².